The number of nitrogens with one attached hydrogen (secondary N) is 3. The predicted molar refractivity (Wildman–Crippen MR) is 291 cm³/mol. The molecule has 1 aliphatic carbocycles. The first kappa shape index (κ1) is 67.9. The van der Waals surface area contributed by atoms with Crippen LogP contribution in [0, 0.1) is 23.7 Å². The maximum absolute atomic E-state index is 14.6. The number of esters is 1. The first-order chi connectivity index (χ1) is 37.7. The van der Waals surface area contributed by atoms with E-state index in [0.29, 0.717) is 6.42 Å². The maximum Gasteiger partial charge on any atom is 0.311 e. The van der Waals surface area contributed by atoms with Gasteiger partial charge >= 0.3 is 5.97 Å². The monoisotopic (exact) mass is 1160 g/mol. The molecule has 6 rings (SSSR count). The van der Waals surface area contributed by atoms with Crippen molar-refractivity contribution in [3.8, 4) is 0 Å². The molecule has 28 atom stereocenters. The standard InChI is InChI=1S/C56H101N5O20/c1-17-35-55(11,71)47(67)29(5)38(59-20-19-58-36(63)18-21-61(15)40-42(65)39(57-12)43(66)46-45(40)81-56(72)34(62)23-28(4)75-52(56)79-46)26(2)24-53(9,70)49(80-51-41(64)33(60(13)14)22-27(3)74-51)30(6)44(31(7)50(69)77-35)78-37-25-54(10,73-16)48(68)32(8)76-37/h26-33,35,37-49,51-52,57,59,64-68,70-72H,17-25H2,1-16H3,(H,58,63)/t26-,27?,28-,29+,30+,31-,32?,33?,35-,37?,38+,39-,40+,41?,42+,43+,44+,45-,46-,47-,48?,49-,51?,52+,53-,54?,55-,56+/m1/s1. The number of hydrogen-bond donors (Lipinski definition) is 11. The van der Waals surface area contributed by atoms with E-state index in [2.05, 4.69) is 16.0 Å². The van der Waals surface area contributed by atoms with E-state index in [1.54, 1.807) is 74.4 Å². The number of cyclic esters (lactones) is 1. The van der Waals surface area contributed by atoms with Crippen LogP contribution in [0.2, 0.25) is 0 Å². The van der Waals surface area contributed by atoms with Gasteiger partial charge < -0.3 is 104 Å². The van der Waals surface area contributed by atoms with Gasteiger partial charge in [0.2, 0.25) is 12.2 Å². The van der Waals surface area contributed by atoms with Gasteiger partial charge in [0.15, 0.2) is 18.4 Å². The summed E-state index contributed by atoms with van der Waals surface area (Å²) in [5.41, 5.74) is -4.93. The Morgan fingerprint density at radius 2 is 1.46 bits per heavy atom. The number of fused-ring (bicyclic) bond motifs is 2. The van der Waals surface area contributed by atoms with Crippen molar-refractivity contribution >= 4 is 17.7 Å². The summed E-state index contributed by atoms with van der Waals surface area (Å²) in [5, 5.41) is 104. The number of aliphatic hydroxyl groups is 8. The summed E-state index contributed by atoms with van der Waals surface area (Å²) in [6.07, 6.45) is -17.3. The van der Waals surface area contributed by atoms with Gasteiger partial charge in [-0.2, -0.15) is 0 Å². The fourth-order valence-electron chi connectivity index (χ4n) is 13.8. The van der Waals surface area contributed by atoms with Crippen LogP contribution in [0.15, 0.2) is 0 Å². The molecule has 5 heterocycles. The molecule has 0 aromatic rings. The summed E-state index contributed by atoms with van der Waals surface area (Å²) in [7, 11) is 8.37. The summed E-state index contributed by atoms with van der Waals surface area (Å²) in [5.74, 6) is -7.63. The van der Waals surface area contributed by atoms with Crippen LogP contribution in [0.25, 0.3) is 0 Å². The Morgan fingerprint density at radius 1 is 0.790 bits per heavy atom. The third-order valence-corrected chi connectivity index (χ3v) is 18.7. The Morgan fingerprint density at radius 3 is 2.07 bits per heavy atom. The molecule has 5 saturated heterocycles. The summed E-state index contributed by atoms with van der Waals surface area (Å²) in [6, 6.07) is -2.96. The third kappa shape index (κ3) is 14.5. The van der Waals surface area contributed by atoms with E-state index in [1.807, 2.05) is 32.8 Å². The van der Waals surface area contributed by atoms with Crippen LogP contribution >= 0.6 is 0 Å². The minimum Gasteiger partial charge on any atom is -0.459 e. The van der Waals surface area contributed by atoms with Gasteiger partial charge in [-0.25, -0.2) is 0 Å². The van der Waals surface area contributed by atoms with Gasteiger partial charge in [-0.05, 0) is 102 Å². The molecule has 0 aromatic heterocycles. The summed E-state index contributed by atoms with van der Waals surface area (Å²) in [6.45, 7) is 18.9. The predicted octanol–water partition coefficient (Wildman–Crippen LogP) is -1.52. The van der Waals surface area contributed by atoms with Gasteiger partial charge in [0.1, 0.15) is 42.2 Å². The number of carbonyl (C=O) groups is 3. The minimum atomic E-state index is -2.48. The van der Waals surface area contributed by atoms with Gasteiger partial charge in [-0.1, -0.05) is 27.7 Å². The smallest absolute Gasteiger partial charge is 0.311 e. The molecule has 0 aromatic carbocycles. The molecular weight excluding hydrogens is 1060 g/mol. The molecule has 25 nitrogen and oxygen atoms in total. The largest absolute Gasteiger partial charge is 0.459 e. The van der Waals surface area contributed by atoms with Crippen LogP contribution in [0.1, 0.15) is 115 Å². The van der Waals surface area contributed by atoms with E-state index in [4.69, 9.17) is 42.6 Å². The first-order valence-electron chi connectivity index (χ1n) is 29.2. The number of carbonyl (C=O) groups excluding carboxylic acids is 3. The average molecular weight is 1160 g/mol. The number of nitrogens with zero attached hydrogens (tertiary/aromatic N) is 2. The Kier molecular flexibility index (Phi) is 22.8. The fraction of sp³-hybridized carbons (Fsp3) is 0.946. The number of likely N-dealkylation sites (N-methyl/N-ethyl adjacent to an activating group) is 3. The lowest BCUT2D eigenvalue weighted by Gasteiger charge is -2.56. The number of hydrogen-bond acceptors (Lipinski definition) is 24. The highest BCUT2D eigenvalue weighted by Gasteiger charge is 2.64. The number of Topliss-reactive ketones (excluding diaryl/α,β-unsaturated/α-hetero) is 1. The van der Waals surface area contributed by atoms with Crippen molar-refractivity contribution in [3.05, 3.63) is 0 Å². The molecule has 6 fully saturated rings. The zero-order chi connectivity index (χ0) is 60.6. The number of amides is 1. The number of aliphatic hydroxyl groups excluding tert-OH is 5. The lowest BCUT2D eigenvalue weighted by atomic mass is 9.72. The zero-order valence-corrected chi connectivity index (χ0v) is 50.6. The second kappa shape index (κ2) is 27.2. The number of ketones is 1. The van der Waals surface area contributed by atoms with Crippen LogP contribution in [-0.4, -0.2) is 268 Å². The minimum absolute atomic E-state index is 0.0197. The van der Waals surface area contributed by atoms with Crippen molar-refractivity contribution in [3.63, 3.8) is 0 Å². The number of methoxy groups -OCH3 is 1. The molecular formula is C56H101N5O20. The summed E-state index contributed by atoms with van der Waals surface area (Å²) in [4.78, 5) is 44.9. The first-order valence-corrected chi connectivity index (χ1v) is 29.2. The average Bonchev–Trinajstić information content (AvgIpc) is 3.54. The Bertz CT molecular complexity index is 2080. The van der Waals surface area contributed by atoms with Crippen LogP contribution < -0.4 is 16.0 Å². The fourth-order valence-corrected chi connectivity index (χ4v) is 13.8. The molecule has 81 heavy (non-hydrogen) atoms. The van der Waals surface area contributed by atoms with Crippen molar-refractivity contribution in [2.75, 3.05) is 54.9 Å². The van der Waals surface area contributed by atoms with Crippen molar-refractivity contribution in [2.24, 2.45) is 23.7 Å². The molecule has 8 unspecified atom stereocenters. The molecule has 0 bridgehead atoms. The Labute approximate surface area is 478 Å². The van der Waals surface area contributed by atoms with Crippen molar-refractivity contribution in [1.82, 2.24) is 25.8 Å². The van der Waals surface area contributed by atoms with E-state index < -0.39 is 168 Å². The van der Waals surface area contributed by atoms with Crippen LogP contribution in [0.4, 0.5) is 0 Å². The van der Waals surface area contributed by atoms with E-state index in [1.165, 1.54) is 14.0 Å². The number of ether oxygens (including phenoxy) is 9. The van der Waals surface area contributed by atoms with Crippen LogP contribution in [0.3, 0.4) is 0 Å². The molecule has 0 radical (unpaired) electrons. The molecule has 5 aliphatic heterocycles. The lowest BCUT2D eigenvalue weighted by Crippen LogP contribution is -2.78. The molecule has 11 N–H and O–H groups in total. The van der Waals surface area contributed by atoms with Crippen LogP contribution in [-0.2, 0) is 57.0 Å². The second-order valence-electron chi connectivity index (χ2n) is 25.3. The van der Waals surface area contributed by atoms with Gasteiger partial charge in [-0.15, -0.1) is 0 Å². The molecule has 470 valence electrons. The summed E-state index contributed by atoms with van der Waals surface area (Å²) < 4.78 is 55.9. The SMILES string of the molecule is CC[C@H]1OC(=O)[C@H](C)[C@@H](OC2CC(C)(OC)C(O)C(C)O2)[C@H](C)[C@@H](OC2OC(C)CC(N(C)C)C2O)[C@](C)(O)C[C@@H](C)[C@H](NCCNC(=O)CCN(C)[C@H]2[C@@H](O)[C@@H](NC)[C@H](O)[C@H]3O[C@@H]4O[C@H](C)CC(=O)[C@]4(O)O[C@@H]32)[C@H](C)[C@@H](O)[C@]1(C)O. The van der Waals surface area contributed by atoms with Crippen molar-refractivity contribution in [1.29, 1.82) is 0 Å². The maximum atomic E-state index is 14.6. The molecule has 1 saturated carbocycles. The molecule has 25 heteroatoms. The highest BCUT2D eigenvalue weighted by molar-refractivity contribution is 5.87. The van der Waals surface area contributed by atoms with Gasteiger partial charge in [0.05, 0.1) is 71.9 Å². The van der Waals surface area contributed by atoms with Gasteiger partial charge in [0, 0.05) is 69.9 Å². The van der Waals surface area contributed by atoms with Crippen LogP contribution in [0.5, 0.6) is 0 Å². The van der Waals surface area contributed by atoms with E-state index in [9.17, 15) is 55.2 Å². The lowest BCUT2D eigenvalue weighted by molar-refractivity contribution is -0.423. The van der Waals surface area contributed by atoms with Gasteiger partial charge in [0.25, 0.3) is 5.79 Å². The Balaban J connectivity index is 1.24. The topological polar surface area (TPSA) is 339 Å². The number of rotatable bonds is 16. The molecule has 1 amide bonds. The normalized spacial score (nSPS) is 48.7. The Hall–Kier alpha value is -2.19. The van der Waals surface area contributed by atoms with E-state index >= 15 is 0 Å². The molecule has 0 spiro atoms. The van der Waals surface area contributed by atoms with Crippen molar-refractivity contribution < 1.29 is 97.9 Å². The van der Waals surface area contributed by atoms with Gasteiger partial charge in [-0.3, -0.25) is 19.3 Å². The quantitative estimate of drug-likeness (QED) is 0.0618. The highest BCUT2D eigenvalue weighted by atomic mass is 16.8. The van der Waals surface area contributed by atoms with Crippen molar-refractivity contribution in [2.45, 2.75) is 260 Å². The third-order valence-electron chi connectivity index (χ3n) is 18.7. The zero-order valence-electron chi connectivity index (χ0n) is 50.6. The highest BCUT2D eigenvalue weighted by Crippen LogP contribution is 2.44. The van der Waals surface area contributed by atoms with E-state index in [-0.39, 0.29) is 69.8 Å². The summed E-state index contributed by atoms with van der Waals surface area (Å²) >= 11 is 0. The molecule has 6 aliphatic rings. The van der Waals surface area contributed by atoms with E-state index in [0.717, 1.165) is 0 Å². The second-order valence-corrected chi connectivity index (χ2v) is 25.3.